The molecule has 0 aliphatic heterocycles. The Balaban J connectivity index is 1.39. The number of carbonyl (C=O) groups is 3. The average molecular weight is 535 g/mol. The van der Waals surface area contributed by atoms with Crippen LogP contribution in [0.15, 0.2) is 82.6 Å². The van der Waals surface area contributed by atoms with E-state index in [1.165, 1.54) is 17.4 Å². The number of nitrogens with one attached hydrogen (secondary N) is 1. The van der Waals surface area contributed by atoms with E-state index in [9.17, 15) is 14.4 Å². The first-order valence-corrected chi connectivity index (χ1v) is 12.0. The van der Waals surface area contributed by atoms with Gasteiger partial charge in [-0.3, -0.25) is 14.9 Å². The highest BCUT2D eigenvalue weighted by Gasteiger charge is 2.20. The maximum absolute atomic E-state index is 12.9. The summed E-state index contributed by atoms with van der Waals surface area (Å²) < 4.78 is 6.11. The van der Waals surface area contributed by atoms with Crippen LogP contribution >= 0.6 is 27.3 Å². The predicted molar refractivity (Wildman–Crippen MR) is 135 cm³/mol. The maximum Gasteiger partial charge on any atom is 0.339 e. The van der Waals surface area contributed by atoms with Crippen LogP contribution in [-0.2, 0) is 9.53 Å². The Morgan fingerprint density at radius 1 is 0.971 bits per heavy atom. The summed E-state index contributed by atoms with van der Waals surface area (Å²) >= 11 is 4.70. The number of aromatic nitrogens is 1. The molecular formula is C26H19BrN2O4S. The number of hydrogen-bond acceptors (Lipinski definition) is 6. The molecule has 34 heavy (non-hydrogen) atoms. The number of ether oxygens (including phenoxy) is 1. The summed E-state index contributed by atoms with van der Waals surface area (Å²) in [6, 6.07) is 21.1. The van der Waals surface area contributed by atoms with Gasteiger partial charge in [0.05, 0.1) is 11.3 Å². The number of amides is 1. The molecule has 0 aliphatic carbocycles. The monoisotopic (exact) mass is 534 g/mol. The number of nitrogens with zero attached hydrogens (tertiary/aromatic N) is 1. The number of halogens is 1. The molecule has 3 aromatic carbocycles. The van der Waals surface area contributed by atoms with E-state index in [1.54, 1.807) is 30.3 Å². The second-order valence-electron chi connectivity index (χ2n) is 7.41. The smallest absolute Gasteiger partial charge is 0.339 e. The summed E-state index contributed by atoms with van der Waals surface area (Å²) in [5.41, 5.74) is 3.45. The summed E-state index contributed by atoms with van der Waals surface area (Å²) in [4.78, 5) is 42.3. The van der Waals surface area contributed by atoms with Gasteiger partial charge in [0.2, 0.25) is 0 Å². The van der Waals surface area contributed by atoms with Gasteiger partial charge in [0, 0.05) is 26.5 Å². The number of hydrogen-bond donors (Lipinski definition) is 1. The summed E-state index contributed by atoms with van der Waals surface area (Å²) in [5.74, 6) is -1.56. The van der Waals surface area contributed by atoms with Crippen LogP contribution in [0.25, 0.3) is 11.3 Å². The lowest BCUT2D eigenvalue weighted by Crippen LogP contribution is -2.22. The van der Waals surface area contributed by atoms with Gasteiger partial charge in [-0.05, 0) is 25.1 Å². The second kappa shape index (κ2) is 10.5. The zero-order valence-electron chi connectivity index (χ0n) is 18.1. The lowest BCUT2D eigenvalue weighted by Gasteiger charge is -2.09. The largest absolute Gasteiger partial charge is 0.452 e. The normalized spacial score (nSPS) is 10.5. The van der Waals surface area contributed by atoms with Crippen molar-refractivity contribution >= 4 is 50.1 Å². The molecule has 1 aromatic heterocycles. The van der Waals surface area contributed by atoms with Gasteiger partial charge in [0.1, 0.15) is 0 Å². The molecule has 0 saturated carbocycles. The first kappa shape index (κ1) is 23.5. The molecule has 0 unspecified atom stereocenters. The summed E-state index contributed by atoms with van der Waals surface area (Å²) in [6.07, 6.45) is 0. The summed E-state index contributed by atoms with van der Waals surface area (Å²) in [7, 11) is 0. The minimum Gasteiger partial charge on any atom is -0.452 e. The van der Waals surface area contributed by atoms with Crippen molar-refractivity contribution in [2.45, 2.75) is 6.92 Å². The van der Waals surface area contributed by atoms with Crippen LogP contribution in [0, 0.1) is 6.92 Å². The van der Waals surface area contributed by atoms with Crippen molar-refractivity contribution in [3.8, 4) is 11.3 Å². The fraction of sp³-hybridized carbons (Fsp3) is 0.0769. The molecule has 1 N–H and O–H groups in total. The first-order valence-electron chi connectivity index (χ1n) is 10.3. The Morgan fingerprint density at radius 2 is 1.71 bits per heavy atom. The predicted octanol–water partition coefficient (Wildman–Crippen LogP) is 5.91. The fourth-order valence-electron chi connectivity index (χ4n) is 3.20. The fourth-order valence-corrected chi connectivity index (χ4v) is 4.33. The van der Waals surface area contributed by atoms with Crippen molar-refractivity contribution < 1.29 is 19.1 Å². The van der Waals surface area contributed by atoms with E-state index in [2.05, 4.69) is 26.2 Å². The highest BCUT2D eigenvalue weighted by Crippen LogP contribution is 2.27. The summed E-state index contributed by atoms with van der Waals surface area (Å²) in [6.45, 7) is 1.43. The van der Waals surface area contributed by atoms with Crippen molar-refractivity contribution in [2.75, 3.05) is 11.9 Å². The molecule has 0 spiro atoms. The molecule has 4 aromatic rings. The Kier molecular flexibility index (Phi) is 7.30. The van der Waals surface area contributed by atoms with E-state index in [4.69, 9.17) is 4.74 Å². The zero-order chi connectivity index (χ0) is 24.1. The highest BCUT2D eigenvalue weighted by molar-refractivity contribution is 9.10. The Morgan fingerprint density at radius 3 is 2.44 bits per heavy atom. The quantitative estimate of drug-likeness (QED) is 0.235. The highest BCUT2D eigenvalue weighted by atomic mass is 79.9. The molecule has 0 atom stereocenters. The van der Waals surface area contributed by atoms with Gasteiger partial charge in [-0.25, -0.2) is 9.78 Å². The molecular weight excluding hydrogens is 516 g/mol. The van der Waals surface area contributed by atoms with Crippen molar-refractivity contribution in [1.82, 2.24) is 4.98 Å². The zero-order valence-corrected chi connectivity index (χ0v) is 20.5. The number of anilines is 1. The number of benzene rings is 3. The molecule has 1 heterocycles. The standard InChI is InChI=1S/C26H19BrN2O4S/c1-16-9-11-17(12-10-16)24(31)20-7-2-3-8-21(20)25(32)33-14-23(30)29-26-28-22(15-34-26)18-5-4-6-19(27)13-18/h2-13,15H,14H2,1H3,(H,28,29,30). The minimum absolute atomic E-state index is 0.104. The number of carbonyl (C=O) groups excluding carboxylic acids is 3. The summed E-state index contributed by atoms with van der Waals surface area (Å²) in [5, 5.41) is 4.86. The van der Waals surface area contributed by atoms with E-state index in [-0.39, 0.29) is 16.9 Å². The van der Waals surface area contributed by atoms with E-state index in [0.717, 1.165) is 21.3 Å². The molecule has 6 nitrogen and oxygen atoms in total. The molecule has 1 amide bonds. The van der Waals surface area contributed by atoms with Crippen LogP contribution in [0.4, 0.5) is 5.13 Å². The van der Waals surface area contributed by atoms with Gasteiger partial charge in [-0.15, -0.1) is 11.3 Å². The average Bonchev–Trinajstić information content (AvgIpc) is 3.31. The van der Waals surface area contributed by atoms with Gasteiger partial charge in [0.15, 0.2) is 17.5 Å². The molecule has 170 valence electrons. The van der Waals surface area contributed by atoms with Crippen molar-refractivity contribution in [1.29, 1.82) is 0 Å². The van der Waals surface area contributed by atoms with E-state index >= 15 is 0 Å². The van der Waals surface area contributed by atoms with Crippen LogP contribution in [0.3, 0.4) is 0 Å². The lowest BCUT2D eigenvalue weighted by molar-refractivity contribution is -0.119. The minimum atomic E-state index is -0.750. The molecule has 0 aliphatic rings. The third-order valence-electron chi connectivity index (χ3n) is 4.91. The molecule has 0 saturated heterocycles. The molecule has 0 bridgehead atoms. The van der Waals surface area contributed by atoms with Gasteiger partial charge >= 0.3 is 5.97 Å². The van der Waals surface area contributed by atoms with E-state index in [1.807, 2.05) is 48.7 Å². The number of rotatable bonds is 7. The van der Waals surface area contributed by atoms with Crippen LogP contribution in [0.5, 0.6) is 0 Å². The van der Waals surface area contributed by atoms with Gasteiger partial charge < -0.3 is 4.74 Å². The van der Waals surface area contributed by atoms with Gasteiger partial charge in [-0.2, -0.15) is 0 Å². The van der Waals surface area contributed by atoms with Crippen LogP contribution in [0.1, 0.15) is 31.8 Å². The van der Waals surface area contributed by atoms with Crippen molar-refractivity contribution in [3.05, 3.63) is 105 Å². The Bertz CT molecular complexity index is 1370. The first-order chi connectivity index (χ1) is 16.4. The van der Waals surface area contributed by atoms with Gasteiger partial charge in [-0.1, -0.05) is 76.1 Å². The topological polar surface area (TPSA) is 85.4 Å². The SMILES string of the molecule is Cc1ccc(C(=O)c2ccccc2C(=O)OCC(=O)Nc2nc(-c3cccc(Br)c3)cs2)cc1. The molecule has 0 fully saturated rings. The third kappa shape index (κ3) is 5.65. The van der Waals surface area contributed by atoms with Crippen LogP contribution < -0.4 is 5.32 Å². The molecule has 0 radical (unpaired) electrons. The molecule has 8 heteroatoms. The van der Waals surface area contributed by atoms with Crippen molar-refractivity contribution in [3.63, 3.8) is 0 Å². The number of thiazole rings is 1. The number of aryl methyl sites for hydroxylation is 1. The van der Waals surface area contributed by atoms with Gasteiger partial charge in [0.25, 0.3) is 5.91 Å². The number of ketones is 1. The van der Waals surface area contributed by atoms with Crippen LogP contribution in [-0.4, -0.2) is 29.3 Å². The van der Waals surface area contributed by atoms with E-state index < -0.39 is 18.5 Å². The van der Waals surface area contributed by atoms with E-state index in [0.29, 0.717) is 10.7 Å². The third-order valence-corrected chi connectivity index (χ3v) is 6.16. The lowest BCUT2D eigenvalue weighted by atomic mass is 9.98. The number of esters is 1. The Labute approximate surface area is 208 Å². The van der Waals surface area contributed by atoms with Crippen molar-refractivity contribution in [2.24, 2.45) is 0 Å². The maximum atomic E-state index is 12.9. The second-order valence-corrected chi connectivity index (χ2v) is 9.19. The Hall–Kier alpha value is -3.62. The molecule has 4 rings (SSSR count). The van der Waals surface area contributed by atoms with Crippen LogP contribution in [0.2, 0.25) is 0 Å².